The Kier molecular flexibility index (Phi) is 8.04. The summed E-state index contributed by atoms with van der Waals surface area (Å²) in [4.78, 5) is 16.6. The van der Waals surface area contributed by atoms with Crippen LogP contribution >= 0.6 is 34.8 Å². The van der Waals surface area contributed by atoms with Crippen molar-refractivity contribution in [1.82, 2.24) is 10.3 Å². The maximum atomic E-state index is 12.7. The third-order valence-electron chi connectivity index (χ3n) is 5.02. The van der Waals surface area contributed by atoms with E-state index in [-0.39, 0.29) is 11.8 Å². The SMILES string of the molecule is CC(C(=N)C(=O)NCc1ccncc1)C([NH2+]c1ccc(Cl)cc1Cl)c1ccc(Cl)cc1. The molecule has 0 radical (unpaired) electrons. The predicted octanol–water partition coefficient (Wildman–Crippen LogP) is 4.95. The summed E-state index contributed by atoms with van der Waals surface area (Å²) in [6, 6.07) is 16.0. The van der Waals surface area contributed by atoms with E-state index in [0.29, 0.717) is 21.6 Å². The summed E-state index contributed by atoms with van der Waals surface area (Å²) >= 11 is 18.5. The van der Waals surface area contributed by atoms with E-state index in [2.05, 4.69) is 10.3 Å². The summed E-state index contributed by atoms with van der Waals surface area (Å²) in [5.74, 6) is -0.829. The Balaban J connectivity index is 1.80. The van der Waals surface area contributed by atoms with Crippen LogP contribution in [0.3, 0.4) is 0 Å². The number of nitrogens with one attached hydrogen (secondary N) is 2. The molecule has 2 atom stereocenters. The van der Waals surface area contributed by atoms with Gasteiger partial charge in [-0.25, -0.2) is 0 Å². The Morgan fingerprint density at radius 3 is 2.32 bits per heavy atom. The number of carbonyl (C=O) groups excluding carboxylic acids is 1. The highest BCUT2D eigenvalue weighted by atomic mass is 35.5. The summed E-state index contributed by atoms with van der Waals surface area (Å²) in [6.45, 7) is 2.18. The van der Waals surface area contributed by atoms with Crippen LogP contribution in [0.2, 0.25) is 15.1 Å². The lowest BCUT2D eigenvalue weighted by Crippen LogP contribution is -2.81. The molecule has 0 saturated heterocycles. The fourth-order valence-electron chi connectivity index (χ4n) is 3.21. The fourth-order valence-corrected chi connectivity index (χ4v) is 3.81. The van der Waals surface area contributed by atoms with Crippen LogP contribution in [-0.2, 0) is 11.3 Å². The first kappa shape index (κ1) is 23.2. The van der Waals surface area contributed by atoms with Crippen molar-refractivity contribution in [2.75, 3.05) is 0 Å². The Morgan fingerprint density at radius 2 is 1.68 bits per heavy atom. The van der Waals surface area contributed by atoms with E-state index in [9.17, 15) is 4.79 Å². The Hall–Kier alpha value is -2.44. The van der Waals surface area contributed by atoms with Crippen molar-refractivity contribution in [3.63, 3.8) is 0 Å². The van der Waals surface area contributed by atoms with Crippen LogP contribution in [-0.4, -0.2) is 16.6 Å². The molecule has 31 heavy (non-hydrogen) atoms. The van der Waals surface area contributed by atoms with Crippen LogP contribution in [0.4, 0.5) is 5.69 Å². The summed E-state index contributed by atoms with van der Waals surface area (Å²) in [6.07, 6.45) is 3.33. The van der Waals surface area contributed by atoms with E-state index in [0.717, 1.165) is 16.8 Å². The smallest absolute Gasteiger partial charge is 0.265 e. The van der Waals surface area contributed by atoms with E-state index in [1.54, 1.807) is 36.7 Å². The van der Waals surface area contributed by atoms with Crippen LogP contribution in [0, 0.1) is 11.3 Å². The molecule has 0 aliphatic carbocycles. The van der Waals surface area contributed by atoms with E-state index < -0.39 is 11.8 Å². The average Bonchev–Trinajstić information content (AvgIpc) is 2.77. The lowest BCUT2D eigenvalue weighted by Gasteiger charge is -2.23. The number of benzene rings is 2. The maximum absolute atomic E-state index is 12.7. The molecule has 0 bridgehead atoms. The Labute approximate surface area is 196 Å². The number of aromatic nitrogens is 1. The quantitative estimate of drug-likeness (QED) is 0.317. The second kappa shape index (κ2) is 10.7. The molecule has 1 aromatic heterocycles. The van der Waals surface area contributed by atoms with Crippen molar-refractivity contribution in [2.24, 2.45) is 5.92 Å². The molecule has 5 nitrogen and oxygen atoms in total. The summed E-state index contributed by atoms with van der Waals surface area (Å²) < 4.78 is 0. The van der Waals surface area contributed by atoms with E-state index in [4.69, 9.17) is 40.2 Å². The van der Waals surface area contributed by atoms with E-state index >= 15 is 0 Å². The van der Waals surface area contributed by atoms with Gasteiger partial charge in [0.2, 0.25) is 0 Å². The molecule has 2 aromatic carbocycles. The number of rotatable bonds is 8. The van der Waals surface area contributed by atoms with Gasteiger partial charge in [-0.05, 0) is 42.0 Å². The highest BCUT2D eigenvalue weighted by molar-refractivity contribution is 6.38. The Morgan fingerprint density at radius 1 is 1.03 bits per heavy atom. The number of quaternary nitrogens is 1. The molecule has 2 unspecified atom stereocenters. The van der Waals surface area contributed by atoms with E-state index in [1.807, 2.05) is 42.6 Å². The third kappa shape index (κ3) is 6.28. The highest BCUT2D eigenvalue weighted by Crippen LogP contribution is 2.26. The predicted molar refractivity (Wildman–Crippen MR) is 125 cm³/mol. The van der Waals surface area contributed by atoms with Crippen molar-refractivity contribution in [1.29, 1.82) is 5.41 Å². The molecule has 1 amide bonds. The first-order valence-corrected chi connectivity index (χ1v) is 10.8. The van der Waals surface area contributed by atoms with Crippen LogP contribution in [0.1, 0.15) is 24.1 Å². The van der Waals surface area contributed by atoms with Gasteiger partial charge in [-0.2, -0.15) is 0 Å². The molecular formula is C23H22Cl3N4O+. The minimum Gasteiger partial charge on any atom is -0.347 e. The second-order valence-corrected chi connectivity index (χ2v) is 8.43. The van der Waals surface area contributed by atoms with Crippen molar-refractivity contribution in [3.05, 3.63) is 93.2 Å². The molecular weight excluding hydrogens is 455 g/mol. The molecule has 0 fully saturated rings. The lowest BCUT2D eigenvalue weighted by molar-refractivity contribution is -0.622. The minimum atomic E-state index is -0.418. The number of halogens is 3. The van der Waals surface area contributed by atoms with Gasteiger partial charge in [0.15, 0.2) is 0 Å². The van der Waals surface area contributed by atoms with Gasteiger partial charge in [-0.1, -0.05) is 53.9 Å². The first-order chi connectivity index (χ1) is 14.8. The molecule has 0 saturated carbocycles. The second-order valence-electron chi connectivity index (χ2n) is 7.15. The van der Waals surface area contributed by atoms with Gasteiger partial charge < -0.3 is 10.6 Å². The van der Waals surface area contributed by atoms with Gasteiger partial charge in [-0.3, -0.25) is 15.2 Å². The van der Waals surface area contributed by atoms with Crippen LogP contribution in [0.5, 0.6) is 0 Å². The standard InChI is InChI=1S/C23H21Cl3N4O/c1-14(21(27)23(31)29-13-15-8-10-28-11-9-15)22(16-2-4-17(24)5-3-16)30-20-7-6-18(25)12-19(20)26/h2-12,14,22,27,30H,13H2,1H3,(H,29,31)/p+1. The van der Waals surface area contributed by atoms with Gasteiger partial charge in [0.05, 0.1) is 5.92 Å². The zero-order chi connectivity index (χ0) is 22.4. The zero-order valence-corrected chi connectivity index (χ0v) is 19.0. The molecule has 4 N–H and O–H groups in total. The molecule has 1 heterocycles. The van der Waals surface area contributed by atoms with Gasteiger partial charge >= 0.3 is 0 Å². The van der Waals surface area contributed by atoms with Crippen molar-refractivity contribution in [2.45, 2.75) is 19.5 Å². The first-order valence-electron chi connectivity index (χ1n) is 9.66. The third-order valence-corrected chi connectivity index (χ3v) is 5.83. The average molecular weight is 477 g/mol. The number of amides is 1. The summed E-state index contributed by atoms with van der Waals surface area (Å²) in [5, 5.41) is 14.9. The number of pyridine rings is 1. The van der Waals surface area contributed by atoms with Crippen molar-refractivity contribution >= 4 is 52.1 Å². The number of nitrogens with two attached hydrogens (primary N) is 1. The zero-order valence-electron chi connectivity index (χ0n) is 16.8. The van der Waals surface area contributed by atoms with Gasteiger partial charge in [0, 0.05) is 40.6 Å². The minimum absolute atomic E-state index is 0.0182. The van der Waals surface area contributed by atoms with Crippen LogP contribution in [0.25, 0.3) is 0 Å². The summed E-state index contributed by atoms with van der Waals surface area (Å²) in [5.41, 5.74) is 2.60. The normalized spacial score (nSPS) is 12.8. The molecule has 0 aliphatic heterocycles. The van der Waals surface area contributed by atoms with Gasteiger partial charge in [0.1, 0.15) is 22.5 Å². The molecule has 160 valence electrons. The number of hydrogen-bond acceptors (Lipinski definition) is 3. The van der Waals surface area contributed by atoms with Gasteiger partial charge in [-0.15, -0.1) is 0 Å². The number of nitrogens with zero attached hydrogens (tertiary/aromatic N) is 1. The largest absolute Gasteiger partial charge is 0.347 e. The van der Waals surface area contributed by atoms with Crippen molar-refractivity contribution < 1.29 is 10.1 Å². The molecule has 3 rings (SSSR count). The molecule has 8 heteroatoms. The lowest BCUT2D eigenvalue weighted by atomic mass is 9.89. The maximum Gasteiger partial charge on any atom is 0.265 e. The van der Waals surface area contributed by atoms with Crippen LogP contribution in [0.15, 0.2) is 67.0 Å². The Bertz CT molecular complexity index is 1060. The van der Waals surface area contributed by atoms with E-state index in [1.165, 1.54) is 0 Å². The molecule has 0 spiro atoms. The van der Waals surface area contributed by atoms with Crippen LogP contribution < -0.4 is 10.6 Å². The molecule has 3 aromatic rings. The van der Waals surface area contributed by atoms with Gasteiger partial charge in [0.25, 0.3) is 5.91 Å². The monoisotopic (exact) mass is 475 g/mol. The topological polar surface area (TPSA) is 82.5 Å². The van der Waals surface area contributed by atoms with Crippen molar-refractivity contribution in [3.8, 4) is 0 Å². The fraction of sp³-hybridized carbons (Fsp3) is 0.174. The molecule has 0 aliphatic rings. The highest BCUT2D eigenvalue weighted by Gasteiger charge is 2.31. The summed E-state index contributed by atoms with van der Waals surface area (Å²) in [7, 11) is 0. The number of hydrogen-bond donors (Lipinski definition) is 3. The number of carbonyl (C=O) groups is 1.